The highest BCUT2D eigenvalue weighted by Gasteiger charge is 2.11. The maximum atomic E-state index is 9.46. The summed E-state index contributed by atoms with van der Waals surface area (Å²) >= 11 is 8.20. The predicted molar refractivity (Wildman–Crippen MR) is 102 cm³/mol. The van der Waals surface area contributed by atoms with Crippen molar-refractivity contribution in [2.45, 2.75) is 6.92 Å². The second-order valence-corrected chi connectivity index (χ2v) is 6.25. The molecule has 5 heteroatoms. The van der Waals surface area contributed by atoms with Gasteiger partial charge in [0.25, 0.3) is 0 Å². The maximum absolute atomic E-state index is 9.46. The van der Waals surface area contributed by atoms with Gasteiger partial charge in [0.05, 0.1) is 28.9 Å². The number of allylic oxidation sites excluding steroid dienone is 1. The van der Waals surface area contributed by atoms with Crippen LogP contribution >= 0.6 is 34.2 Å². The van der Waals surface area contributed by atoms with Crippen molar-refractivity contribution < 1.29 is 9.47 Å². The molecule has 0 saturated carbocycles. The Morgan fingerprint density at radius 2 is 2.13 bits per heavy atom. The average Bonchev–Trinajstić information content (AvgIpc) is 2.53. The van der Waals surface area contributed by atoms with Crippen LogP contribution in [0.3, 0.4) is 0 Å². The fourth-order valence-corrected chi connectivity index (χ4v) is 3.17. The summed E-state index contributed by atoms with van der Waals surface area (Å²) < 4.78 is 11.9. The van der Waals surface area contributed by atoms with E-state index in [0.717, 1.165) is 14.7 Å². The van der Waals surface area contributed by atoms with E-state index >= 15 is 0 Å². The highest BCUT2D eigenvalue weighted by Crippen LogP contribution is 2.35. The fraction of sp³-hybridized carbons (Fsp3) is 0.167. The summed E-state index contributed by atoms with van der Waals surface area (Å²) in [5.74, 6) is 1.36. The summed E-state index contributed by atoms with van der Waals surface area (Å²) in [4.78, 5) is 0. The molecule has 0 aliphatic heterocycles. The Labute approximate surface area is 154 Å². The van der Waals surface area contributed by atoms with Crippen molar-refractivity contribution in [1.29, 1.82) is 5.26 Å². The molecular formula is C18H15ClINO2. The van der Waals surface area contributed by atoms with Crippen molar-refractivity contribution in [3.8, 4) is 17.6 Å². The van der Waals surface area contributed by atoms with E-state index in [2.05, 4.69) is 28.7 Å². The van der Waals surface area contributed by atoms with Gasteiger partial charge in [0.15, 0.2) is 11.5 Å². The molecule has 0 unspecified atom stereocenters. The lowest BCUT2D eigenvalue weighted by molar-refractivity contribution is 0.309. The van der Waals surface area contributed by atoms with Crippen molar-refractivity contribution in [2.24, 2.45) is 0 Å². The molecular weight excluding hydrogens is 425 g/mol. The van der Waals surface area contributed by atoms with Crippen molar-refractivity contribution in [1.82, 2.24) is 0 Å². The van der Waals surface area contributed by atoms with Gasteiger partial charge in [-0.2, -0.15) is 5.26 Å². The number of hydrogen-bond donors (Lipinski definition) is 0. The minimum atomic E-state index is 0.538. The Kier molecular flexibility index (Phi) is 6.31. The average molecular weight is 440 g/mol. The number of nitriles is 1. The van der Waals surface area contributed by atoms with Gasteiger partial charge < -0.3 is 9.47 Å². The van der Waals surface area contributed by atoms with Gasteiger partial charge in [-0.15, -0.1) is 0 Å². The minimum Gasteiger partial charge on any atom is -0.492 e. The highest BCUT2D eigenvalue weighted by molar-refractivity contribution is 14.1. The Morgan fingerprint density at radius 1 is 1.35 bits per heavy atom. The third kappa shape index (κ3) is 4.40. The van der Waals surface area contributed by atoms with Crippen LogP contribution in [-0.2, 0) is 0 Å². The van der Waals surface area contributed by atoms with Crippen LogP contribution in [-0.4, -0.2) is 13.7 Å². The summed E-state index contributed by atoms with van der Waals surface area (Å²) in [6.07, 6.45) is 1.82. The molecule has 0 aliphatic rings. The first-order valence-corrected chi connectivity index (χ1v) is 8.42. The van der Waals surface area contributed by atoms with Crippen molar-refractivity contribution in [3.63, 3.8) is 0 Å². The van der Waals surface area contributed by atoms with Crippen LogP contribution in [0.25, 0.3) is 11.6 Å². The first-order valence-electron chi connectivity index (χ1n) is 6.97. The molecule has 0 saturated heterocycles. The standard InChI is InChI=1S/C18H15ClINO2/c1-3-23-17-9-12(8-16(20)18(17)22-2)7-14(11-21)13-5-4-6-15(19)10-13/h4-10H,3H2,1-2H3/b14-7-. The van der Waals surface area contributed by atoms with Crippen molar-refractivity contribution >= 4 is 45.8 Å². The van der Waals surface area contributed by atoms with E-state index in [1.54, 1.807) is 19.2 Å². The number of nitrogens with zero attached hydrogens (tertiary/aromatic N) is 1. The number of halogens is 2. The molecule has 0 fully saturated rings. The van der Waals surface area contributed by atoms with Crippen LogP contribution in [0, 0.1) is 14.9 Å². The predicted octanol–water partition coefficient (Wildman–Crippen LogP) is 5.42. The zero-order chi connectivity index (χ0) is 16.8. The lowest BCUT2D eigenvalue weighted by Crippen LogP contribution is -1.98. The summed E-state index contributed by atoms with van der Waals surface area (Å²) in [7, 11) is 1.61. The van der Waals surface area contributed by atoms with E-state index in [1.807, 2.05) is 37.3 Å². The smallest absolute Gasteiger partial charge is 0.174 e. The molecule has 0 amide bonds. The van der Waals surface area contributed by atoms with Gasteiger partial charge in [0, 0.05) is 5.02 Å². The molecule has 3 nitrogen and oxygen atoms in total. The maximum Gasteiger partial charge on any atom is 0.174 e. The van der Waals surface area contributed by atoms with Crippen molar-refractivity contribution in [3.05, 3.63) is 56.1 Å². The van der Waals surface area contributed by atoms with Crippen LogP contribution in [0.2, 0.25) is 5.02 Å². The molecule has 0 atom stereocenters. The first kappa shape index (κ1) is 17.6. The summed E-state index contributed by atoms with van der Waals surface area (Å²) in [5.41, 5.74) is 2.19. The monoisotopic (exact) mass is 439 g/mol. The number of rotatable bonds is 5. The molecule has 0 heterocycles. The first-order chi connectivity index (χ1) is 11.1. The molecule has 118 valence electrons. The topological polar surface area (TPSA) is 42.2 Å². The number of methoxy groups -OCH3 is 1. The highest BCUT2D eigenvalue weighted by atomic mass is 127. The Hall–Kier alpha value is -1.71. The molecule has 0 spiro atoms. The molecule has 0 N–H and O–H groups in total. The second kappa shape index (κ2) is 8.23. The molecule has 0 radical (unpaired) electrons. The number of ether oxygens (including phenoxy) is 2. The van der Waals surface area contributed by atoms with Crippen LogP contribution in [0.15, 0.2) is 36.4 Å². The molecule has 2 aromatic rings. The number of benzene rings is 2. The van der Waals surface area contributed by atoms with Crippen LogP contribution in [0.5, 0.6) is 11.5 Å². The molecule has 0 bridgehead atoms. The zero-order valence-electron chi connectivity index (χ0n) is 12.8. The Balaban J connectivity index is 2.50. The molecule has 2 aromatic carbocycles. The van der Waals surface area contributed by atoms with Crippen LogP contribution < -0.4 is 9.47 Å². The third-order valence-corrected chi connectivity index (χ3v) is 4.14. The van der Waals surface area contributed by atoms with Gasteiger partial charge in [-0.05, 0) is 71.0 Å². The Morgan fingerprint density at radius 3 is 2.74 bits per heavy atom. The lowest BCUT2D eigenvalue weighted by Gasteiger charge is -2.12. The van der Waals surface area contributed by atoms with Gasteiger partial charge in [-0.25, -0.2) is 0 Å². The van der Waals surface area contributed by atoms with Gasteiger partial charge in [-0.3, -0.25) is 0 Å². The van der Waals surface area contributed by atoms with Gasteiger partial charge in [0.1, 0.15) is 0 Å². The van der Waals surface area contributed by atoms with Gasteiger partial charge in [-0.1, -0.05) is 23.7 Å². The zero-order valence-corrected chi connectivity index (χ0v) is 15.7. The van der Waals surface area contributed by atoms with E-state index in [4.69, 9.17) is 21.1 Å². The molecule has 2 rings (SSSR count). The molecule has 23 heavy (non-hydrogen) atoms. The summed E-state index contributed by atoms with van der Waals surface area (Å²) in [6.45, 7) is 2.46. The largest absolute Gasteiger partial charge is 0.492 e. The van der Waals surface area contributed by atoms with Crippen LogP contribution in [0.1, 0.15) is 18.1 Å². The van der Waals surface area contributed by atoms with E-state index in [9.17, 15) is 5.26 Å². The SMILES string of the molecule is CCOc1cc(/C=C(/C#N)c2cccc(Cl)c2)cc(I)c1OC. The number of hydrogen-bond acceptors (Lipinski definition) is 3. The van der Waals surface area contributed by atoms with Crippen LogP contribution in [0.4, 0.5) is 0 Å². The molecule has 0 aliphatic carbocycles. The summed E-state index contributed by atoms with van der Waals surface area (Å²) in [5, 5.41) is 10.1. The quantitative estimate of drug-likeness (QED) is 0.355. The minimum absolute atomic E-state index is 0.538. The van der Waals surface area contributed by atoms with E-state index in [1.165, 1.54) is 0 Å². The van der Waals surface area contributed by atoms with Crippen molar-refractivity contribution in [2.75, 3.05) is 13.7 Å². The second-order valence-electron chi connectivity index (χ2n) is 4.65. The van der Waals surface area contributed by atoms with E-state index in [0.29, 0.717) is 28.7 Å². The lowest BCUT2D eigenvalue weighted by atomic mass is 10.0. The normalized spacial score (nSPS) is 11.0. The molecule has 0 aromatic heterocycles. The third-order valence-electron chi connectivity index (χ3n) is 3.10. The fourth-order valence-electron chi connectivity index (χ4n) is 2.14. The Bertz CT molecular complexity index is 781. The van der Waals surface area contributed by atoms with E-state index in [-0.39, 0.29) is 0 Å². The van der Waals surface area contributed by atoms with Gasteiger partial charge >= 0.3 is 0 Å². The van der Waals surface area contributed by atoms with Gasteiger partial charge in [0.2, 0.25) is 0 Å². The summed E-state index contributed by atoms with van der Waals surface area (Å²) in [6, 6.07) is 13.3. The van der Waals surface area contributed by atoms with E-state index < -0.39 is 0 Å².